The molecule has 1 N–H and O–H groups in total. The predicted molar refractivity (Wildman–Crippen MR) is 64.6 cm³/mol. The Hall–Kier alpha value is -0.770. The van der Waals surface area contributed by atoms with Gasteiger partial charge >= 0.3 is 0 Å². The third-order valence-corrected chi connectivity index (χ3v) is 3.03. The van der Waals surface area contributed by atoms with Crippen LogP contribution in [0.2, 0.25) is 10.0 Å². The van der Waals surface area contributed by atoms with Crippen molar-refractivity contribution in [2.24, 2.45) is 0 Å². The van der Waals surface area contributed by atoms with Gasteiger partial charge in [0.15, 0.2) is 0 Å². The summed E-state index contributed by atoms with van der Waals surface area (Å²) in [5, 5.41) is 10.1. The molecule has 1 atom stereocenters. The van der Waals surface area contributed by atoms with Gasteiger partial charge in [0.2, 0.25) is 5.91 Å². The Kier molecular flexibility index (Phi) is 4.59. The number of carbonyl (C=O) groups excluding carboxylic acids is 1. The standard InChI is InChI=1S/C11H13Cl2NO2/c1-7(15)14(2)11(16)6-8-3-4-9(12)10(13)5-8/h3-5,7,15H,6H2,1-2H3. The molecule has 1 aromatic rings. The van der Waals surface area contributed by atoms with Gasteiger partial charge in [-0.15, -0.1) is 0 Å². The molecule has 0 bridgehead atoms. The van der Waals surface area contributed by atoms with Gasteiger partial charge in [0.05, 0.1) is 16.5 Å². The molecular weight excluding hydrogens is 249 g/mol. The summed E-state index contributed by atoms with van der Waals surface area (Å²) >= 11 is 11.6. The quantitative estimate of drug-likeness (QED) is 0.849. The van der Waals surface area contributed by atoms with E-state index in [1.807, 2.05) is 0 Å². The van der Waals surface area contributed by atoms with Crippen molar-refractivity contribution in [1.82, 2.24) is 4.90 Å². The van der Waals surface area contributed by atoms with E-state index in [2.05, 4.69) is 0 Å². The first-order valence-electron chi connectivity index (χ1n) is 4.79. The zero-order valence-electron chi connectivity index (χ0n) is 9.08. The van der Waals surface area contributed by atoms with Crippen LogP contribution in [-0.4, -0.2) is 29.2 Å². The van der Waals surface area contributed by atoms with Gasteiger partial charge in [-0.3, -0.25) is 4.79 Å². The summed E-state index contributed by atoms with van der Waals surface area (Å²) in [6, 6.07) is 5.04. The van der Waals surface area contributed by atoms with E-state index in [0.29, 0.717) is 10.0 Å². The number of hydrogen-bond donors (Lipinski definition) is 1. The van der Waals surface area contributed by atoms with Gasteiger partial charge in [-0.25, -0.2) is 0 Å². The van der Waals surface area contributed by atoms with E-state index in [4.69, 9.17) is 23.2 Å². The molecule has 0 aliphatic carbocycles. The van der Waals surface area contributed by atoms with Crippen LogP contribution in [0.3, 0.4) is 0 Å². The maximum absolute atomic E-state index is 11.6. The number of nitrogens with zero attached hydrogens (tertiary/aromatic N) is 1. The van der Waals surface area contributed by atoms with Crippen LogP contribution in [-0.2, 0) is 11.2 Å². The van der Waals surface area contributed by atoms with E-state index in [1.54, 1.807) is 25.2 Å². The molecule has 88 valence electrons. The van der Waals surface area contributed by atoms with Crippen molar-refractivity contribution in [2.75, 3.05) is 7.05 Å². The average Bonchev–Trinajstić information content (AvgIpc) is 2.22. The summed E-state index contributed by atoms with van der Waals surface area (Å²) < 4.78 is 0. The normalized spacial score (nSPS) is 12.3. The van der Waals surface area contributed by atoms with Crippen LogP contribution in [0.5, 0.6) is 0 Å². The summed E-state index contributed by atoms with van der Waals surface area (Å²) in [6.45, 7) is 1.53. The van der Waals surface area contributed by atoms with Gasteiger partial charge in [0.25, 0.3) is 0 Å². The van der Waals surface area contributed by atoms with E-state index < -0.39 is 6.23 Å². The fourth-order valence-corrected chi connectivity index (χ4v) is 1.48. The van der Waals surface area contributed by atoms with Gasteiger partial charge in [-0.1, -0.05) is 29.3 Å². The lowest BCUT2D eigenvalue weighted by Gasteiger charge is -2.20. The first-order valence-corrected chi connectivity index (χ1v) is 5.55. The fourth-order valence-electron chi connectivity index (χ4n) is 1.16. The number of aliphatic hydroxyl groups excluding tert-OH is 1. The fraction of sp³-hybridized carbons (Fsp3) is 0.364. The Bertz CT molecular complexity index is 394. The highest BCUT2D eigenvalue weighted by atomic mass is 35.5. The maximum atomic E-state index is 11.6. The van der Waals surface area contributed by atoms with Crippen molar-refractivity contribution in [3.8, 4) is 0 Å². The highest BCUT2D eigenvalue weighted by Crippen LogP contribution is 2.22. The summed E-state index contributed by atoms with van der Waals surface area (Å²) in [5.41, 5.74) is 0.770. The largest absolute Gasteiger partial charge is 0.374 e. The topological polar surface area (TPSA) is 40.5 Å². The Morgan fingerprint density at radius 2 is 2.06 bits per heavy atom. The molecule has 0 aliphatic rings. The van der Waals surface area contributed by atoms with E-state index in [-0.39, 0.29) is 12.3 Å². The van der Waals surface area contributed by atoms with Crippen molar-refractivity contribution in [3.05, 3.63) is 33.8 Å². The molecule has 0 aliphatic heterocycles. The van der Waals surface area contributed by atoms with Crippen LogP contribution in [0.4, 0.5) is 0 Å². The zero-order valence-corrected chi connectivity index (χ0v) is 10.6. The zero-order chi connectivity index (χ0) is 12.3. The molecule has 0 saturated heterocycles. The van der Waals surface area contributed by atoms with E-state index >= 15 is 0 Å². The molecule has 1 rings (SSSR count). The third kappa shape index (κ3) is 3.37. The molecule has 0 radical (unpaired) electrons. The summed E-state index contributed by atoms with van der Waals surface area (Å²) in [7, 11) is 1.55. The third-order valence-electron chi connectivity index (χ3n) is 2.29. The van der Waals surface area contributed by atoms with Crippen molar-refractivity contribution in [1.29, 1.82) is 0 Å². The maximum Gasteiger partial charge on any atom is 0.228 e. The SMILES string of the molecule is CC(O)N(C)C(=O)Cc1ccc(Cl)c(Cl)c1. The number of likely N-dealkylation sites (N-methyl/N-ethyl adjacent to an activating group) is 1. The molecule has 1 unspecified atom stereocenters. The molecule has 0 heterocycles. The molecule has 16 heavy (non-hydrogen) atoms. The molecule has 0 saturated carbocycles. The second kappa shape index (κ2) is 5.53. The van der Waals surface area contributed by atoms with Crippen molar-refractivity contribution >= 4 is 29.1 Å². The minimum Gasteiger partial charge on any atom is -0.374 e. The van der Waals surface area contributed by atoms with Crippen LogP contribution < -0.4 is 0 Å². The molecule has 3 nitrogen and oxygen atoms in total. The second-order valence-corrected chi connectivity index (χ2v) is 4.38. The smallest absolute Gasteiger partial charge is 0.228 e. The van der Waals surface area contributed by atoms with E-state index in [9.17, 15) is 9.90 Å². The highest BCUT2D eigenvalue weighted by Gasteiger charge is 2.13. The van der Waals surface area contributed by atoms with Crippen molar-refractivity contribution < 1.29 is 9.90 Å². The summed E-state index contributed by atoms with van der Waals surface area (Å²) in [6.07, 6.45) is -0.603. The van der Waals surface area contributed by atoms with Gasteiger partial charge < -0.3 is 10.0 Å². The number of aliphatic hydroxyl groups is 1. The summed E-state index contributed by atoms with van der Waals surface area (Å²) in [4.78, 5) is 12.9. The molecular formula is C11H13Cl2NO2. The Labute approximate surface area is 105 Å². The Morgan fingerprint density at radius 1 is 1.44 bits per heavy atom. The Morgan fingerprint density at radius 3 is 2.56 bits per heavy atom. The number of benzene rings is 1. The monoisotopic (exact) mass is 261 g/mol. The lowest BCUT2D eigenvalue weighted by molar-refractivity contribution is -0.136. The van der Waals surface area contributed by atoms with Gasteiger partial charge in [-0.2, -0.15) is 0 Å². The van der Waals surface area contributed by atoms with Crippen LogP contribution in [0.25, 0.3) is 0 Å². The lowest BCUT2D eigenvalue weighted by atomic mass is 10.1. The van der Waals surface area contributed by atoms with Crippen LogP contribution in [0, 0.1) is 0 Å². The highest BCUT2D eigenvalue weighted by molar-refractivity contribution is 6.42. The number of amides is 1. The van der Waals surface area contributed by atoms with Gasteiger partial charge in [-0.05, 0) is 24.6 Å². The van der Waals surface area contributed by atoms with Gasteiger partial charge in [0, 0.05) is 7.05 Å². The average molecular weight is 262 g/mol. The predicted octanol–water partition coefficient (Wildman–Crippen LogP) is 2.33. The van der Waals surface area contributed by atoms with Crippen molar-refractivity contribution in [3.63, 3.8) is 0 Å². The molecule has 0 aromatic heterocycles. The first kappa shape index (κ1) is 13.3. The number of rotatable bonds is 3. The van der Waals surface area contributed by atoms with Gasteiger partial charge in [0.1, 0.15) is 6.23 Å². The number of carbonyl (C=O) groups is 1. The molecule has 0 fully saturated rings. The van der Waals surface area contributed by atoms with Crippen LogP contribution in [0.1, 0.15) is 12.5 Å². The molecule has 5 heteroatoms. The Balaban J connectivity index is 2.74. The van der Waals surface area contributed by atoms with Crippen LogP contribution in [0.15, 0.2) is 18.2 Å². The molecule has 1 amide bonds. The van der Waals surface area contributed by atoms with E-state index in [0.717, 1.165) is 5.56 Å². The second-order valence-electron chi connectivity index (χ2n) is 3.56. The number of halogens is 2. The summed E-state index contributed by atoms with van der Waals surface area (Å²) in [5.74, 6) is -0.173. The minimum atomic E-state index is -0.796. The number of hydrogen-bond acceptors (Lipinski definition) is 2. The molecule has 1 aromatic carbocycles. The minimum absolute atomic E-state index is 0.173. The van der Waals surface area contributed by atoms with Crippen molar-refractivity contribution in [2.45, 2.75) is 19.6 Å². The lowest BCUT2D eigenvalue weighted by Crippen LogP contribution is -2.35. The molecule has 0 spiro atoms. The first-order chi connectivity index (χ1) is 7.41. The van der Waals surface area contributed by atoms with E-state index in [1.165, 1.54) is 11.8 Å². The van der Waals surface area contributed by atoms with Crippen LogP contribution >= 0.6 is 23.2 Å².